The number of hydrogen-bond acceptors (Lipinski definition) is 3. The molecule has 0 saturated heterocycles. The summed E-state index contributed by atoms with van der Waals surface area (Å²) in [7, 11) is 0. The van der Waals surface area contributed by atoms with Gasteiger partial charge in [-0.1, -0.05) is 0 Å². The van der Waals surface area contributed by atoms with Crippen LogP contribution in [-0.4, -0.2) is 17.1 Å². The first-order chi connectivity index (χ1) is 10.6. The van der Waals surface area contributed by atoms with Gasteiger partial charge in [-0.15, -0.1) is 0 Å². The predicted octanol–water partition coefficient (Wildman–Crippen LogP) is 3.43. The van der Waals surface area contributed by atoms with E-state index in [0.29, 0.717) is 6.54 Å². The maximum absolute atomic E-state index is 11.4. The van der Waals surface area contributed by atoms with Crippen molar-refractivity contribution in [2.75, 3.05) is 0 Å². The van der Waals surface area contributed by atoms with Gasteiger partial charge in [-0.05, 0) is 67.8 Å². The number of rotatable bonds is 6. The Labute approximate surface area is 131 Å². The lowest BCUT2D eigenvalue weighted by atomic mass is 9.47. The summed E-state index contributed by atoms with van der Waals surface area (Å²) in [5.74, 6) is 1.86. The molecule has 1 unspecified atom stereocenters. The van der Waals surface area contributed by atoms with Crippen molar-refractivity contribution in [2.45, 2.75) is 57.5 Å². The Morgan fingerprint density at radius 1 is 1.27 bits per heavy atom. The predicted molar refractivity (Wildman–Crippen MR) is 82.2 cm³/mol. The molecule has 2 N–H and O–H groups in total. The fraction of sp³-hybridized carbons (Fsp3) is 0.722. The normalized spacial score (nSPS) is 37.4. The molecule has 4 fully saturated rings. The Balaban J connectivity index is 1.53. The van der Waals surface area contributed by atoms with Gasteiger partial charge in [0.25, 0.3) is 0 Å². The SMILES string of the molecule is O=C(O)CC(NCc1ccoc1)C12CC3CC(CC(C3)C1)C2. The summed E-state index contributed by atoms with van der Waals surface area (Å²) in [4.78, 5) is 11.4. The minimum absolute atomic E-state index is 0.0910. The third-order valence-corrected chi connectivity index (χ3v) is 6.34. The van der Waals surface area contributed by atoms with E-state index in [2.05, 4.69) is 5.32 Å². The van der Waals surface area contributed by atoms with Gasteiger partial charge in [0.15, 0.2) is 0 Å². The van der Waals surface area contributed by atoms with Crippen molar-refractivity contribution >= 4 is 5.97 Å². The molecule has 0 amide bonds. The van der Waals surface area contributed by atoms with E-state index in [1.165, 1.54) is 38.5 Å². The summed E-state index contributed by atoms with van der Waals surface area (Å²) in [6.45, 7) is 0.705. The zero-order valence-corrected chi connectivity index (χ0v) is 13.0. The molecule has 4 saturated carbocycles. The summed E-state index contributed by atoms with van der Waals surface area (Å²) >= 11 is 0. The summed E-state index contributed by atoms with van der Waals surface area (Å²) < 4.78 is 5.12. The van der Waals surface area contributed by atoms with Crippen LogP contribution in [0.1, 0.15) is 50.5 Å². The zero-order valence-electron chi connectivity index (χ0n) is 13.0. The molecule has 0 spiro atoms. The van der Waals surface area contributed by atoms with Gasteiger partial charge in [-0.3, -0.25) is 4.79 Å². The van der Waals surface area contributed by atoms with Gasteiger partial charge in [0.2, 0.25) is 0 Å². The molecule has 120 valence electrons. The number of carbonyl (C=O) groups is 1. The second-order valence-electron chi connectivity index (χ2n) is 7.94. The molecule has 1 atom stereocenters. The highest BCUT2D eigenvalue weighted by atomic mass is 16.4. The van der Waals surface area contributed by atoms with Gasteiger partial charge < -0.3 is 14.8 Å². The molecule has 22 heavy (non-hydrogen) atoms. The lowest BCUT2D eigenvalue weighted by Crippen LogP contribution is -2.56. The molecule has 4 bridgehead atoms. The van der Waals surface area contributed by atoms with Crippen LogP contribution in [0.4, 0.5) is 0 Å². The highest BCUT2D eigenvalue weighted by Gasteiger charge is 2.54. The topological polar surface area (TPSA) is 62.5 Å². The lowest BCUT2D eigenvalue weighted by Gasteiger charge is -2.59. The average molecular weight is 303 g/mol. The molecule has 4 aliphatic rings. The van der Waals surface area contributed by atoms with Crippen LogP contribution in [-0.2, 0) is 11.3 Å². The van der Waals surface area contributed by atoms with Gasteiger partial charge in [-0.2, -0.15) is 0 Å². The van der Waals surface area contributed by atoms with E-state index < -0.39 is 5.97 Å². The standard InChI is InChI=1S/C18H25NO3/c20-17(21)6-16(19-10-12-1-2-22-11-12)18-7-13-3-14(8-18)5-15(4-13)9-18/h1-2,11,13-16,19H,3-10H2,(H,20,21). The summed E-state index contributed by atoms with van der Waals surface area (Å²) in [5, 5.41) is 13.0. The quantitative estimate of drug-likeness (QED) is 0.845. The lowest BCUT2D eigenvalue weighted by molar-refractivity contribution is -0.141. The molecule has 0 aromatic carbocycles. The van der Waals surface area contributed by atoms with Crippen molar-refractivity contribution in [3.8, 4) is 0 Å². The fourth-order valence-electron chi connectivity index (χ4n) is 5.92. The monoisotopic (exact) mass is 303 g/mol. The molecular formula is C18H25NO3. The molecule has 4 heteroatoms. The second kappa shape index (κ2) is 5.41. The number of hydrogen-bond donors (Lipinski definition) is 2. The Morgan fingerprint density at radius 2 is 1.91 bits per heavy atom. The number of nitrogens with one attached hydrogen (secondary N) is 1. The molecule has 1 heterocycles. The van der Waals surface area contributed by atoms with Crippen molar-refractivity contribution < 1.29 is 14.3 Å². The van der Waals surface area contributed by atoms with Gasteiger partial charge in [0, 0.05) is 18.2 Å². The van der Waals surface area contributed by atoms with Crippen molar-refractivity contribution in [1.29, 1.82) is 0 Å². The maximum atomic E-state index is 11.4. The van der Waals surface area contributed by atoms with Crippen molar-refractivity contribution in [3.63, 3.8) is 0 Å². The van der Waals surface area contributed by atoms with Crippen molar-refractivity contribution in [3.05, 3.63) is 24.2 Å². The maximum Gasteiger partial charge on any atom is 0.304 e. The zero-order chi connectivity index (χ0) is 15.2. The first-order valence-electron chi connectivity index (χ1n) is 8.59. The minimum atomic E-state index is -0.680. The highest BCUT2D eigenvalue weighted by Crippen LogP contribution is 2.61. The van der Waals surface area contributed by atoms with Crippen LogP contribution in [0.3, 0.4) is 0 Å². The summed E-state index contributed by atoms with van der Waals surface area (Å²) in [6.07, 6.45) is 11.5. The molecule has 1 aromatic rings. The Morgan fingerprint density at radius 3 is 2.41 bits per heavy atom. The van der Waals surface area contributed by atoms with Crippen molar-refractivity contribution in [2.24, 2.45) is 23.2 Å². The smallest absolute Gasteiger partial charge is 0.304 e. The molecule has 4 aliphatic carbocycles. The van der Waals surface area contributed by atoms with E-state index in [4.69, 9.17) is 4.42 Å². The number of carboxylic acid groups (broad SMARTS) is 1. The largest absolute Gasteiger partial charge is 0.481 e. The van der Waals surface area contributed by atoms with E-state index >= 15 is 0 Å². The van der Waals surface area contributed by atoms with Crippen LogP contribution in [0.15, 0.2) is 23.0 Å². The fourth-order valence-corrected chi connectivity index (χ4v) is 5.92. The summed E-state index contributed by atoms with van der Waals surface area (Å²) in [5.41, 5.74) is 1.32. The van der Waals surface area contributed by atoms with Crippen LogP contribution < -0.4 is 5.32 Å². The number of aliphatic carboxylic acids is 1. The molecule has 4 nitrogen and oxygen atoms in total. The third-order valence-electron chi connectivity index (χ3n) is 6.34. The Hall–Kier alpha value is -1.29. The first-order valence-corrected chi connectivity index (χ1v) is 8.59. The highest BCUT2D eigenvalue weighted by molar-refractivity contribution is 5.67. The van der Waals surface area contributed by atoms with Crippen LogP contribution in [0.2, 0.25) is 0 Å². The van der Waals surface area contributed by atoms with E-state index in [-0.39, 0.29) is 17.9 Å². The molecular weight excluding hydrogens is 278 g/mol. The summed E-state index contributed by atoms with van der Waals surface area (Å²) in [6, 6.07) is 2.04. The molecule has 5 rings (SSSR count). The van der Waals surface area contributed by atoms with Gasteiger partial charge in [-0.25, -0.2) is 0 Å². The van der Waals surface area contributed by atoms with E-state index in [1.807, 2.05) is 6.07 Å². The average Bonchev–Trinajstić information content (AvgIpc) is 2.94. The van der Waals surface area contributed by atoms with E-state index in [1.54, 1.807) is 12.5 Å². The van der Waals surface area contributed by atoms with Crippen molar-refractivity contribution in [1.82, 2.24) is 5.32 Å². The third kappa shape index (κ3) is 2.58. The van der Waals surface area contributed by atoms with Crippen LogP contribution in [0, 0.1) is 23.2 Å². The Bertz CT molecular complexity index is 501. The minimum Gasteiger partial charge on any atom is -0.481 e. The molecule has 0 radical (unpaired) electrons. The second-order valence-corrected chi connectivity index (χ2v) is 7.94. The Kier molecular flexibility index (Phi) is 3.52. The number of carboxylic acids is 1. The van der Waals surface area contributed by atoms with Crippen LogP contribution in [0.25, 0.3) is 0 Å². The number of furan rings is 1. The van der Waals surface area contributed by atoms with Gasteiger partial charge in [0.05, 0.1) is 18.9 Å². The van der Waals surface area contributed by atoms with E-state index in [9.17, 15) is 9.90 Å². The molecule has 1 aromatic heterocycles. The van der Waals surface area contributed by atoms with E-state index in [0.717, 1.165) is 23.3 Å². The van der Waals surface area contributed by atoms with Crippen LogP contribution in [0.5, 0.6) is 0 Å². The van der Waals surface area contributed by atoms with Gasteiger partial charge >= 0.3 is 5.97 Å². The van der Waals surface area contributed by atoms with Crippen LogP contribution >= 0.6 is 0 Å². The first kappa shape index (κ1) is 14.3. The van der Waals surface area contributed by atoms with Gasteiger partial charge in [0.1, 0.15) is 0 Å². The molecule has 0 aliphatic heterocycles.